The van der Waals surface area contributed by atoms with Gasteiger partial charge in [-0.05, 0) is 61.8 Å². The summed E-state index contributed by atoms with van der Waals surface area (Å²) >= 11 is 1.48. The Morgan fingerprint density at radius 1 is 1.28 bits per heavy atom. The van der Waals surface area contributed by atoms with Crippen molar-refractivity contribution in [2.75, 3.05) is 11.9 Å². The summed E-state index contributed by atoms with van der Waals surface area (Å²) in [6.45, 7) is -0.271. The molecule has 0 saturated heterocycles. The highest BCUT2D eigenvalue weighted by molar-refractivity contribution is 7.16. The SMILES string of the molecule is N#Cc1c(NC(=O)COC(=O)C[C@H]2C[C@@H]3CC[C@@H]2C3)sc2c1CCC2. The van der Waals surface area contributed by atoms with Gasteiger partial charge in [0, 0.05) is 11.3 Å². The van der Waals surface area contributed by atoms with Crippen LogP contribution in [0, 0.1) is 29.1 Å². The number of thiophene rings is 1. The number of carbonyl (C=O) groups is 2. The van der Waals surface area contributed by atoms with Crippen molar-refractivity contribution in [3.63, 3.8) is 0 Å². The number of carbonyl (C=O) groups excluding carboxylic acids is 2. The molecular weight excluding hydrogens is 336 g/mol. The van der Waals surface area contributed by atoms with Gasteiger partial charge in [0.25, 0.3) is 5.91 Å². The lowest BCUT2D eigenvalue weighted by Crippen LogP contribution is -2.23. The lowest BCUT2D eigenvalue weighted by atomic mass is 9.86. The normalized spacial score (nSPS) is 26.3. The number of anilines is 1. The first-order chi connectivity index (χ1) is 12.1. The number of amides is 1. The molecule has 5 nitrogen and oxygen atoms in total. The number of esters is 1. The molecule has 4 rings (SSSR count). The maximum atomic E-state index is 12.1. The van der Waals surface area contributed by atoms with Gasteiger partial charge < -0.3 is 10.1 Å². The van der Waals surface area contributed by atoms with Crippen molar-refractivity contribution < 1.29 is 14.3 Å². The topological polar surface area (TPSA) is 79.2 Å². The molecular formula is C19H22N2O3S. The minimum absolute atomic E-state index is 0.271. The Morgan fingerprint density at radius 3 is 2.88 bits per heavy atom. The number of fused-ring (bicyclic) bond motifs is 3. The van der Waals surface area contributed by atoms with Gasteiger partial charge in [0.2, 0.25) is 0 Å². The fraction of sp³-hybridized carbons (Fsp3) is 0.632. The van der Waals surface area contributed by atoms with E-state index in [4.69, 9.17) is 4.74 Å². The summed E-state index contributed by atoms with van der Waals surface area (Å²) in [6, 6.07) is 2.20. The van der Waals surface area contributed by atoms with Gasteiger partial charge in [-0.3, -0.25) is 9.59 Å². The van der Waals surface area contributed by atoms with Crippen LogP contribution < -0.4 is 5.32 Å². The fourth-order valence-electron chi connectivity index (χ4n) is 4.82. The molecule has 2 bridgehead atoms. The largest absolute Gasteiger partial charge is 0.456 e. The first-order valence-electron chi connectivity index (χ1n) is 9.14. The Labute approximate surface area is 151 Å². The van der Waals surface area contributed by atoms with Crippen LogP contribution in [0.1, 0.15) is 54.5 Å². The predicted molar refractivity (Wildman–Crippen MR) is 94.2 cm³/mol. The maximum absolute atomic E-state index is 12.1. The van der Waals surface area contributed by atoms with Crippen LogP contribution in [0.4, 0.5) is 5.00 Å². The van der Waals surface area contributed by atoms with Gasteiger partial charge in [0.05, 0.1) is 5.56 Å². The average Bonchev–Trinajstić information content (AvgIpc) is 3.33. The molecule has 1 aromatic rings. The van der Waals surface area contributed by atoms with Gasteiger partial charge in [-0.15, -0.1) is 11.3 Å². The van der Waals surface area contributed by atoms with E-state index in [9.17, 15) is 14.9 Å². The number of ether oxygens (including phenoxy) is 1. The van der Waals surface area contributed by atoms with Crippen LogP contribution in [0.3, 0.4) is 0 Å². The van der Waals surface area contributed by atoms with Crippen LogP contribution in [0.5, 0.6) is 0 Å². The summed E-state index contributed by atoms with van der Waals surface area (Å²) in [5, 5.41) is 12.7. The van der Waals surface area contributed by atoms with Gasteiger partial charge in [-0.1, -0.05) is 6.42 Å². The van der Waals surface area contributed by atoms with Gasteiger partial charge >= 0.3 is 5.97 Å². The molecule has 2 fully saturated rings. The zero-order valence-electron chi connectivity index (χ0n) is 14.2. The predicted octanol–water partition coefficient (Wildman–Crippen LogP) is 3.42. The Kier molecular flexibility index (Phi) is 4.51. The number of hydrogen-bond acceptors (Lipinski definition) is 5. The molecule has 2 saturated carbocycles. The van der Waals surface area contributed by atoms with Crippen molar-refractivity contribution in [3.05, 3.63) is 16.0 Å². The number of hydrogen-bond donors (Lipinski definition) is 1. The van der Waals surface area contributed by atoms with E-state index in [0.717, 1.165) is 37.2 Å². The third-order valence-corrected chi connectivity index (χ3v) is 7.17. The molecule has 0 radical (unpaired) electrons. The number of rotatable bonds is 5. The zero-order chi connectivity index (χ0) is 17.4. The van der Waals surface area contributed by atoms with E-state index >= 15 is 0 Å². The van der Waals surface area contributed by atoms with Gasteiger partial charge in [0.1, 0.15) is 11.1 Å². The molecule has 6 heteroatoms. The summed E-state index contributed by atoms with van der Waals surface area (Å²) in [6.07, 6.45) is 8.34. The Morgan fingerprint density at radius 2 is 2.16 bits per heavy atom. The fourth-order valence-corrected chi connectivity index (χ4v) is 6.07. The lowest BCUT2D eigenvalue weighted by molar-refractivity contribution is -0.148. The number of nitrogens with zero attached hydrogens (tertiary/aromatic N) is 1. The van der Waals surface area contributed by atoms with Crippen LogP contribution in [0.2, 0.25) is 0 Å². The first kappa shape index (κ1) is 16.6. The van der Waals surface area contributed by atoms with Gasteiger partial charge in [0.15, 0.2) is 6.61 Å². The molecule has 3 atom stereocenters. The summed E-state index contributed by atoms with van der Waals surface area (Å²) in [7, 11) is 0. The monoisotopic (exact) mass is 358 g/mol. The number of nitriles is 1. The second-order valence-corrected chi connectivity index (χ2v) is 8.63. The molecule has 0 unspecified atom stereocenters. The number of nitrogens with one attached hydrogen (secondary N) is 1. The van der Waals surface area contributed by atoms with Crippen molar-refractivity contribution in [1.29, 1.82) is 5.26 Å². The van der Waals surface area contributed by atoms with E-state index in [0.29, 0.717) is 28.8 Å². The van der Waals surface area contributed by atoms with Crippen molar-refractivity contribution in [1.82, 2.24) is 0 Å². The molecule has 1 N–H and O–H groups in total. The van der Waals surface area contributed by atoms with Crippen molar-refractivity contribution >= 4 is 28.2 Å². The Hall–Kier alpha value is -1.87. The maximum Gasteiger partial charge on any atom is 0.306 e. The van der Waals surface area contributed by atoms with E-state index in [1.807, 2.05) is 0 Å². The summed E-state index contributed by atoms with van der Waals surface area (Å²) in [4.78, 5) is 25.3. The first-order valence-corrected chi connectivity index (χ1v) is 9.95. The van der Waals surface area contributed by atoms with Crippen molar-refractivity contribution in [2.45, 2.75) is 51.4 Å². The summed E-state index contributed by atoms with van der Waals surface area (Å²) < 4.78 is 5.17. The average molecular weight is 358 g/mol. The zero-order valence-corrected chi connectivity index (χ0v) is 15.0. The third kappa shape index (κ3) is 3.30. The van der Waals surface area contributed by atoms with Crippen LogP contribution in [-0.2, 0) is 27.2 Å². The molecule has 0 spiro atoms. The summed E-state index contributed by atoms with van der Waals surface area (Å²) in [5.74, 6) is 1.29. The highest BCUT2D eigenvalue weighted by Crippen LogP contribution is 2.49. The van der Waals surface area contributed by atoms with Crippen molar-refractivity contribution in [3.8, 4) is 6.07 Å². The van der Waals surface area contributed by atoms with E-state index < -0.39 is 0 Å². The second kappa shape index (κ2) is 6.80. The molecule has 0 aromatic carbocycles. The second-order valence-electron chi connectivity index (χ2n) is 7.52. The standard InChI is InChI=1S/C19H22N2O3S/c20-9-15-14-2-1-3-16(14)25-19(15)21-17(22)10-24-18(23)8-13-7-11-4-5-12(13)6-11/h11-13H,1-8,10H2,(H,21,22)/t11-,12-,13-/m1/s1. The molecule has 25 heavy (non-hydrogen) atoms. The highest BCUT2D eigenvalue weighted by Gasteiger charge is 2.40. The Bertz CT molecular complexity index is 749. The van der Waals surface area contributed by atoms with Crippen molar-refractivity contribution in [2.24, 2.45) is 17.8 Å². The van der Waals surface area contributed by atoms with Gasteiger partial charge in [-0.25, -0.2) is 0 Å². The van der Waals surface area contributed by atoms with Crippen LogP contribution in [0.25, 0.3) is 0 Å². The minimum Gasteiger partial charge on any atom is -0.456 e. The third-order valence-electron chi connectivity index (χ3n) is 5.96. The molecule has 1 aromatic heterocycles. The smallest absolute Gasteiger partial charge is 0.306 e. The summed E-state index contributed by atoms with van der Waals surface area (Å²) in [5.41, 5.74) is 1.66. The van der Waals surface area contributed by atoms with Crippen LogP contribution in [-0.4, -0.2) is 18.5 Å². The molecule has 1 amide bonds. The molecule has 0 aliphatic heterocycles. The van der Waals surface area contributed by atoms with E-state index in [-0.39, 0.29) is 18.5 Å². The lowest BCUT2D eigenvalue weighted by Gasteiger charge is -2.20. The Balaban J connectivity index is 1.27. The quantitative estimate of drug-likeness (QED) is 0.818. The van der Waals surface area contributed by atoms with E-state index in [2.05, 4.69) is 11.4 Å². The number of aryl methyl sites for hydroxylation is 1. The highest BCUT2D eigenvalue weighted by atomic mass is 32.1. The molecule has 1 heterocycles. The molecule has 3 aliphatic rings. The van der Waals surface area contributed by atoms with Crippen LogP contribution >= 0.6 is 11.3 Å². The van der Waals surface area contributed by atoms with Crippen LogP contribution in [0.15, 0.2) is 0 Å². The van der Waals surface area contributed by atoms with E-state index in [1.165, 1.54) is 35.5 Å². The van der Waals surface area contributed by atoms with Gasteiger partial charge in [-0.2, -0.15) is 5.26 Å². The molecule has 132 valence electrons. The molecule has 3 aliphatic carbocycles. The van der Waals surface area contributed by atoms with E-state index in [1.54, 1.807) is 0 Å². The minimum atomic E-state index is -0.363.